The fraction of sp³-hybridized carbons (Fsp3) is 0.565. The summed E-state index contributed by atoms with van der Waals surface area (Å²) >= 11 is 0. The number of hydrogen-bond acceptors (Lipinski definition) is 11. The number of benzene rings is 1. The SMILES string of the molecule is COc1ccc2c(O[C@@H]3C[C@H]4C(=O)N[C@]5(C(=O)NS(=O)(=O)C6CC6)C[C@H]5/C=C\CC[C@@H](C)C[C@@H](C)[C@H](N(C(=O)O)C(C)(C)C(F)(F)F)C(=O)N4C3)nc(-c3ccc(OC(C)C)cn3)cc2c1. The maximum absolute atomic E-state index is 15.2. The highest BCUT2D eigenvalue weighted by molar-refractivity contribution is 7.91. The first-order valence-electron chi connectivity index (χ1n) is 22.2. The molecule has 0 unspecified atom stereocenters. The number of ether oxygens (including phenoxy) is 3. The predicted molar refractivity (Wildman–Crippen MR) is 236 cm³/mol. The van der Waals surface area contributed by atoms with Crippen molar-refractivity contribution in [3.63, 3.8) is 0 Å². The second kappa shape index (κ2) is 18.2. The van der Waals surface area contributed by atoms with Gasteiger partial charge in [-0.3, -0.25) is 29.0 Å². The smallest absolute Gasteiger partial charge is 0.411 e. The van der Waals surface area contributed by atoms with Crippen molar-refractivity contribution in [3.05, 3.63) is 54.7 Å². The number of sulfonamides is 1. The van der Waals surface area contributed by atoms with Crippen LogP contribution in [-0.2, 0) is 24.4 Å². The monoisotopic (exact) mass is 942 g/mol. The van der Waals surface area contributed by atoms with Crippen molar-refractivity contribution in [2.24, 2.45) is 17.8 Å². The van der Waals surface area contributed by atoms with Crippen LogP contribution in [0.25, 0.3) is 22.2 Å². The Hall–Kier alpha value is -5.66. The van der Waals surface area contributed by atoms with Crippen molar-refractivity contribution < 1.29 is 60.1 Å². The molecule has 20 heteroatoms. The summed E-state index contributed by atoms with van der Waals surface area (Å²) in [5.74, 6) is -3.63. The quantitative estimate of drug-likeness (QED) is 0.173. The topological polar surface area (TPSA) is 207 Å². The van der Waals surface area contributed by atoms with Crippen LogP contribution < -0.4 is 24.2 Å². The highest BCUT2D eigenvalue weighted by atomic mass is 32.2. The molecule has 7 atom stereocenters. The first-order valence-corrected chi connectivity index (χ1v) is 23.7. The van der Waals surface area contributed by atoms with Crippen LogP contribution in [0.5, 0.6) is 17.4 Å². The number of allylic oxidation sites excluding steroid dienone is 1. The van der Waals surface area contributed by atoms with Crippen molar-refractivity contribution in [3.8, 4) is 28.8 Å². The number of amides is 4. The molecule has 3 fully saturated rings. The van der Waals surface area contributed by atoms with E-state index in [0.717, 1.165) is 4.90 Å². The number of halogens is 3. The third-order valence-corrected chi connectivity index (χ3v) is 14.8. The summed E-state index contributed by atoms with van der Waals surface area (Å²) < 4.78 is 90.6. The number of pyridine rings is 2. The van der Waals surface area contributed by atoms with Gasteiger partial charge in [0, 0.05) is 17.7 Å². The van der Waals surface area contributed by atoms with E-state index >= 15 is 4.79 Å². The minimum atomic E-state index is -5.12. The molecule has 0 radical (unpaired) electrons. The highest BCUT2D eigenvalue weighted by Crippen LogP contribution is 2.47. The lowest BCUT2D eigenvalue weighted by molar-refractivity contribution is -0.222. The van der Waals surface area contributed by atoms with Gasteiger partial charge in [-0.05, 0) is 120 Å². The zero-order valence-corrected chi connectivity index (χ0v) is 38.7. The number of rotatable bonds is 11. The summed E-state index contributed by atoms with van der Waals surface area (Å²) in [5, 5.41) is 13.7. The molecule has 3 N–H and O–H groups in total. The summed E-state index contributed by atoms with van der Waals surface area (Å²) in [6, 6.07) is 6.91. The summed E-state index contributed by atoms with van der Waals surface area (Å²) in [6.07, 6.45) is -1.59. The van der Waals surface area contributed by atoms with Gasteiger partial charge < -0.3 is 29.5 Å². The molecule has 358 valence electrons. The van der Waals surface area contributed by atoms with E-state index in [2.05, 4.69) is 15.0 Å². The molecule has 3 aromatic rings. The van der Waals surface area contributed by atoms with Gasteiger partial charge in [0.15, 0.2) is 0 Å². The lowest BCUT2D eigenvalue weighted by Gasteiger charge is -2.45. The molecule has 2 saturated carbocycles. The van der Waals surface area contributed by atoms with E-state index < -0.39 is 92.9 Å². The molecule has 2 aliphatic heterocycles. The molecule has 7 rings (SSSR count). The lowest BCUT2D eigenvalue weighted by atomic mass is 9.85. The van der Waals surface area contributed by atoms with E-state index in [1.54, 1.807) is 54.7 Å². The minimum absolute atomic E-state index is 0.0361. The Kier molecular flexibility index (Phi) is 13.3. The van der Waals surface area contributed by atoms with Crippen LogP contribution in [0.1, 0.15) is 86.5 Å². The third kappa shape index (κ3) is 9.88. The van der Waals surface area contributed by atoms with Gasteiger partial charge in [0.25, 0.3) is 5.91 Å². The fourth-order valence-electron chi connectivity index (χ4n) is 9.07. The average molecular weight is 943 g/mol. The Labute approximate surface area is 381 Å². The van der Waals surface area contributed by atoms with Crippen LogP contribution in [0, 0.1) is 17.8 Å². The molecular formula is C46H57F3N6O10S. The first kappa shape index (κ1) is 48.3. The fourth-order valence-corrected chi connectivity index (χ4v) is 10.4. The van der Waals surface area contributed by atoms with Crippen LogP contribution in [0.4, 0.5) is 18.0 Å². The van der Waals surface area contributed by atoms with Gasteiger partial charge in [0.05, 0.1) is 42.6 Å². The molecule has 2 aromatic heterocycles. The number of fused-ring (bicyclic) bond motifs is 3. The summed E-state index contributed by atoms with van der Waals surface area (Å²) in [6.45, 7) is 8.10. The zero-order chi connectivity index (χ0) is 48.1. The molecule has 1 saturated heterocycles. The third-order valence-electron chi connectivity index (χ3n) is 13.0. The summed E-state index contributed by atoms with van der Waals surface area (Å²) in [7, 11) is -2.55. The van der Waals surface area contributed by atoms with Crippen molar-refractivity contribution in [2.45, 2.75) is 133 Å². The lowest BCUT2D eigenvalue weighted by Crippen LogP contribution is -2.66. The number of nitrogens with one attached hydrogen (secondary N) is 2. The molecule has 4 amide bonds. The molecule has 0 bridgehead atoms. The second-order valence-corrected chi connectivity index (χ2v) is 20.8. The Morgan fingerprint density at radius 3 is 2.36 bits per heavy atom. The maximum atomic E-state index is 15.2. The Balaban J connectivity index is 1.31. The number of aromatic nitrogens is 2. The van der Waals surface area contributed by atoms with E-state index in [1.165, 1.54) is 14.0 Å². The van der Waals surface area contributed by atoms with Gasteiger partial charge in [-0.2, -0.15) is 13.2 Å². The van der Waals surface area contributed by atoms with Crippen LogP contribution >= 0.6 is 0 Å². The summed E-state index contributed by atoms with van der Waals surface area (Å²) in [5.41, 5.74) is -3.98. The van der Waals surface area contributed by atoms with E-state index in [-0.39, 0.29) is 42.1 Å². The largest absolute Gasteiger partial charge is 0.497 e. The van der Waals surface area contributed by atoms with E-state index in [0.29, 0.717) is 73.2 Å². The normalized spacial score (nSPS) is 26.9. The second-order valence-electron chi connectivity index (χ2n) is 18.9. The highest BCUT2D eigenvalue weighted by Gasteiger charge is 2.63. The van der Waals surface area contributed by atoms with Gasteiger partial charge in [0.1, 0.15) is 40.8 Å². The van der Waals surface area contributed by atoms with Gasteiger partial charge in [-0.1, -0.05) is 26.0 Å². The number of alkyl halides is 3. The van der Waals surface area contributed by atoms with Crippen molar-refractivity contribution in [1.82, 2.24) is 29.8 Å². The number of carboxylic acid groups (broad SMARTS) is 1. The van der Waals surface area contributed by atoms with Crippen molar-refractivity contribution >= 4 is 44.6 Å². The van der Waals surface area contributed by atoms with E-state index in [1.807, 2.05) is 20.8 Å². The van der Waals surface area contributed by atoms with E-state index in [9.17, 15) is 41.1 Å². The Morgan fingerprint density at radius 1 is 1.03 bits per heavy atom. The molecular weight excluding hydrogens is 886 g/mol. The predicted octanol–water partition coefficient (Wildman–Crippen LogP) is 6.63. The average Bonchev–Trinajstić information content (AvgIpc) is 4.17. The molecule has 66 heavy (non-hydrogen) atoms. The first-order chi connectivity index (χ1) is 30.9. The van der Waals surface area contributed by atoms with Crippen LogP contribution in [-0.4, -0.2) is 118 Å². The number of nitrogens with zero attached hydrogens (tertiary/aromatic N) is 4. The molecule has 1 aromatic carbocycles. The molecule has 4 aliphatic rings. The number of carbonyl (C=O) groups excluding carboxylic acids is 3. The van der Waals surface area contributed by atoms with Crippen LogP contribution in [0.3, 0.4) is 0 Å². The van der Waals surface area contributed by atoms with Gasteiger partial charge in [0.2, 0.25) is 27.7 Å². The molecule has 4 heterocycles. The number of hydrogen-bond donors (Lipinski definition) is 3. The van der Waals surface area contributed by atoms with Crippen molar-refractivity contribution in [2.75, 3.05) is 13.7 Å². The van der Waals surface area contributed by atoms with Crippen LogP contribution in [0.2, 0.25) is 0 Å². The van der Waals surface area contributed by atoms with Gasteiger partial charge in [-0.15, -0.1) is 0 Å². The molecule has 2 aliphatic carbocycles. The van der Waals surface area contributed by atoms with Crippen LogP contribution in [0.15, 0.2) is 54.7 Å². The van der Waals surface area contributed by atoms with E-state index in [4.69, 9.17) is 19.2 Å². The number of methoxy groups -OCH3 is 1. The molecule has 16 nitrogen and oxygen atoms in total. The Bertz CT molecular complexity index is 2500. The zero-order valence-electron chi connectivity index (χ0n) is 37.9. The van der Waals surface area contributed by atoms with Gasteiger partial charge >= 0.3 is 12.3 Å². The van der Waals surface area contributed by atoms with Gasteiger partial charge in [-0.25, -0.2) is 18.2 Å². The molecule has 0 spiro atoms. The van der Waals surface area contributed by atoms with Crippen molar-refractivity contribution in [1.29, 1.82) is 0 Å². The summed E-state index contributed by atoms with van der Waals surface area (Å²) in [4.78, 5) is 67.6. The minimum Gasteiger partial charge on any atom is -0.497 e. The maximum Gasteiger partial charge on any atom is 0.411 e. The standard InChI is InChI=1S/C46H57F3N6O10S/c1-25(2)64-31-13-17-35(50-23-31)36-20-28-19-30(63-7)12-16-34(28)40(51-36)65-32-21-37-39(56)52-45(42(58)53-66(61,62)33-14-15-33)22-29(45)11-9-8-10-26(3)18-27(4)38(41(57)54(37)24-32)55(43(59)60)44(5,6)46(47,48)49/h9,11-13,16-17,19-20,23,25-27,29,32-33,37-38H,8,10,14-15,18,21-22,24H2,1-7H3,(H,52,56)(H,53,58)(H,59,60)/b11-9-/t26-,27-,29-,32-,37+,38+,45-/m1/s1. The Morgan fingerprint density at radius 2 is 1.74 bits per heavy atom. The number of carbonyl (C=O) groups is 4.